The number of aromatic hydroxyl groups is 1. The molecule has 21 heavy (non-hydrogen) atoms. The van der Waals surface area contributed by atoms with E-state index in [4.69, 9.17) is 0 Å². The Bertz CT molecular complexity index is 922. The van der Waals surface area contributed by atoms with Crippen LogP contribution >= 0.6 is 0 Å². The number of benzene rings is 2. The molecule has 0 aliphatic rings. The summed E-state index contributed by atoms with van der Waals surface area (Å²) in [6.07, 6.45) is 1.52. The zero-order chi connectivity index (χ0) is 15.2. The second-order valence-corrected chi connectivity index (χ2v) is 6.95. The molecule has 0 aliphatic carbocycles. The lowest BCUT2D eigenvalue weighted by Crippen LogP contribution is -2.12. The van der Waals surface area contributed by atoms with Crippen LogP contribution in [0.5, 0.6) is 5.75 Å². The second kappa shape index (κ2) is 4.63. The zero-order valence-corrected chi connectivity index (χ0v) is 12.6. The van der Waals surface area contributed by atoms with Crippen molar-refractivity contribution in [1.29, 1.82) is 0 Å². The van der Waals surface area contributed by atoms with E-state index in [2.05, 4.69) is 0 Å². The molecule has 1 heterocycles. The molecule has 0 amide bonds. The first-order valence-corrected chi connectivity index (χ1v) is 7.96. The predicted molar refractivity (Wildman–Crippen MR) is 82.1 cm³/mol. The third kappa shape index (κ3) is 2.19. The van der Waals surface area contributed by atoms with Gasteiger partial charge in [-0.2, -0.15) is 0 Å². The quantitative estimate of drug-likeness (QED) is 0.790. The summed E-state index contributed by atoms with van der Waals surface area (Å²) in [5.41, 5.74) is 2.31. The molecule has 0 aliphatic heterocycles. The minimum absolute atomic E-state index is 0.130. The summed E-state index contributed by atoms with van der Waals surface area (Å²) in [6, 6.07) is 11.6. The highest BCUT2D eigenvalue weighted by Gasteiger charge is 2.19. The number of hydrogen-bond acceptors (Lipinski definition) is 3. The Morgan fingerprint density at radius 3 is 2.33 bits per heavy atom. The Hall–Kier alpha value is -2.27. The third-order valence-corrected chi connectivity index (χ3v) is 5.19. The van der Waals surface area contributed by atoms with Gasteiger partial charge in [0.2, 0.25) is 0 Å². The zero-order valence-electron chi connectivity index (χ0n) is 11.7. The average molecular weight is 301 g/mol. The molecule has 2 aromatic carbocycles. The molecular weight excluding hydrogens is 286 g/mol. The van der Waals surface area contributed by atoms with Crippen molar-refractivity contribution < 1.29 is 13.5 Å². The number of fused-ring (bicyclic) bond motifs is 1. The van der Waals surface area contributed by atoms with Crippen LogP contribution in [0.4, 0.5) is 0 Å². The van der Waals surface area contributed by atoms with Crippen LogP contribution in [0.2, 0.25) is 0 Å². The van der Waals surface area contributed by atoms with Crippen LogP contribution < -0.4 is 0 Å². The topological polar surface area (TPSA) is 59.3 Å². The van der Waals surface area contributed by atoms with Gasteiger partial charge in [-0.05, 0) is 49.7 Å². The highest BCUT2D eigenvalue weighted by atomic mass is 32.2. The number of nitrogens with zero attached hydrogens (tertiary/aromatic N) is 1. The molecule has 0 spiro atoms. The summed E-state index contributed by atoms with van der Waals surface area (Å²) in [7, 11) is -3.64. The smallest absolute Gasteiger partial charge is 0.268 e. The van der Waals surface area contributed by atoms with Crippen molar-refractivity contribution in [3.63, 3.8) is 0 Å². The summed E-state index contributed by atoms with van der Waals surface area (Å²) >= 11 is 0. The monoisotopic (exact) mass is 301 g/mol. The molecule has 0 bridgehead atoms. The molecular formula is C16H15NO3S. The van der Waals surface area contributed by atoms with Crippen molar-refractivity contribution in [3.8, 4) is 5.75 Å². The first-order chi connectivity index (χ1) is 9.89. The van der Waals surface area contributed by atoms with Gasteiger partial charge < -0.3 is 5.11 Å². The molecule has 5 heteroatoms. The molecule has 0 radical (unpaired) electrons. The van der Waals surface area contributed by atoms with Crippen molar-refractivity contribution in [2.45, 2.75) is 18.7 Å². The minimum Gasteiger partial charge on any atom is -0.508 e. The van der Waals surface area contributed by atoms with E-state index >= 15 is 0 Å². The molecule has 4 nitrogen and oxygen atoms in total. The van der Waals surface area contributed by atoms with Gasteiger partial charge in [0.05, 0.1) is 10.4 Å². The van der Waals surface area contributed by atoms with Gasteiger partial charge in [-0.25, -0.2) is 12.4 Å². The predicted octanol–water partition coefficient (Wildman–Crippen LogP) is 3.20. The van der Waals surface area contributed by atoms with Crippen molar-refractivity contribution in [2.24, 2.45) is 0 Å². The fourth-order valence-corrected chi connectivity index (χ4v) is 3.88. The van der Waals surface area contributed by atoms with Crippen LogP contribution in [-0.4, -0.2) is 17.5 Å². The van der Waals surface area contributed by atoms with Crippen LogP contribution in [-0.2, 0) is 10.0 Å². The van der Waals surface area contributed by atoms with Gasteiger partial charge in [-0.1, -0.05) is 17.7 Å². The number of hydrogen-bond donors (Lipinski definition) is 1. The van der Waals surface area contributed by atoms with E-state index < -0.39 is 10.0 Å². The maximum Gasteiger partial charge on any atom is 0.268 e. The van der Waals surface area contributed by atoms with Gasteiger partial charge in [0.15, 0.2) is 0 Å². The molecule has 0 saturated heterocycles. The lowest BCUT2D eigenvalue weighted by Gasteiger charge is -2.10. The minimum atomic E-state index is -3.64. The highest BCUT2D eigenvalue weighted by Crippen LogP contribution is 2.28. The second-order valence-electron chi connectivity index (χ2n) is 5.13. The molecule has 0 atom stereocenters. The van der Waals surface area contributed by atoms with Crippen LogP contribution in [0.3, 0.4) is 0 Å². The van der Waals surface area contributed by atoms with Crippen LogP contribution in [0.1, 0.15) is 11.1 Å². The van der Waals surface area contributed by atoms with Gasteiger partial charge in [-0.15, -0.1) is 0 Å². The summed E-state index contributed by atoms with van der Waals surface area (Å²) in [5.74, 6) is 0.130. The molecule has 108 valence electrons. The Morgan fingerprint density at radius 1 is 1.00 bits per heavy atom. The Morgan fingerprint density at radius 2 is 1.67 bits per heavy atom. The average Bonchev–Trinajstić information content (AvgIpc) is 2.83. The summed E-state index contributed by atoms with van der Waals surface area (Å²) in [5, 5.41) is 10.3. The van der Waals surface area contributed by atoms with Gasteiger partial charge in [-0.3, -0.25) is 0 Å². The van der Waals surface area contributed by atoms with Gasteiger partial charge >= 0.3 is 0 Å². The fourth-order valence-electron chi connectivity index (χ4n) is 2.46. The number of phenols is 1. The van der Waals surface area contributed by atoms with Crippen LogP contribution in [0.25, 0.3) is 10.9 Å². The van der Waals surface area contributed by atoms with Gasteiger partial charge in [0, 0.05) is 11.6 Å². The van der Waals surface area contributed by atoms with Crippen molar-refractivity contribution in [3.05, 3.63) is 59.8 Å². The Balaban J connectivity index is 2.27. The van der Waals surface area contributed by atoms with E-state index in [0.29, 0.717) is 16.5 Å². The van der Waals surface area contributed by atoms with E-state index in [1.165, 1.54) is 10.2 Å². The van der Waals surface area contributed by atoms with Gasteiger partial charge in [0.1, 0.15) is 5.75 Å². The lowest BCUT2D eigenvalue weighted by molar-refractivity contribution is 0.475. The summed E-state index contributed by atoms with van der Waals surface area (Å²) in [4.78, 5) is 0.248. The number of aromatic nitrogens is 1. The highest BCUT2D eigenvalue weighted by molar-refractivity contribution is 7.90. The molecule has 1 aromatic heterocycles. The molecule has 1 N–H and O–H groups in total. The van der Waals surface area contributed by atoms with E-state index in [1.54, 1.807) is 49.4 Å². The summed E-state index contributed by atoms with van der Waals surface area (Å²) in [6.45, 7) is 3.69. The summed E-state index contributed by atoms with van der Waals surface area (Å²) < 4.78 is 26.8. The first-order valence-electron chi connectivity index (χ1n) is 6.52. The van der Waals surface area contributed by atoms with E-state index in [1.807, 2.05) is 6.92 Å². The van der Waals surface area contributed by atoms with Crippen molar-refractivity contribution in [1.82, 2.24) is 3.97 Å². The third-order valence-electron chi connectivity index (χ3n) is 3.50. The van der Waals surface area contributed by atoms with Crippen molar-refractivity contribution >= 4 is 20.9 Å². The maximum atomic E-state index is 12.8. The molecule has 0 fully saturated rings. The Labute approximate surface area is 123 Å². The fraction of sp³-hybridized carbons (Fsp3) is 0.125. The first kappa shape index (κ1) is 13.7. The number of aryl methyl sites for hydroxylation is 2. The molecule has 0 saturated carbocycles. The molecule has 0 unspecified atom stereocenters. The lowest BCUT2D eigenvalue weighted by atomic mass is 10.1. The van der Waals surface area contributed by atoms with Crippen molar-refractivity contribution in [2.75, 3.05) is 0 Å². The van der Waals surface area contributed by atoms with E-state index in [9.17, 15) is 13.5 Å². The van der Waals surface area contributed by atoms with Gasteiger partial charge in [0.25, 0.3) is 10.0 Å². The largest absolute Gasteiger partial charge is 0.508 e. The van der Waals surface area contributed by atoms with E-state index in [-0.39, 0.29) is 10.6 Å². The maximum absolute atomic E-state index is 12.8. The number of rotatable bonds is 2. The molecule has 3 aromatic rings. The van der Waals surface area contributed by atoms with Crippen LogP contribution in [0.15, 0.2) is 53.6 Å². The van der Waals surface area contributed by atoms with E-state index in [0.717, 1.165) is 5.56 Å². The van der Waals surface area contributed by atoms with Crippen LogP contribution in [0, 0.1) is 13.8 Å². The standard InChI is InChI=1S/C16H15NO3S/c1-11-3-5-15(6-4-11)21(19,20)17-8-7-13-10-14(18)9-12(2)16(13)17/h3-10,18H,1-2H3. The normalized spacial score (nSPS) is 11.9. The molecule has 3 rings (SSSR count). The SMILES string of the molecule is Cc1ccc(S(=O)(=O)n2ccc3cc(O)cc(C)c32)cc1. The number of phenolic OH excluding ortho intramolecular Hbond substituents is 1. The Kier molecular flexibility index (Phi) is 3.02.